The quantitative estimate of drug-likeness (QED) is 0.878. The first-order valence-electron chi connectivity index (χ1n) is 7.36. The van der Waals surface area contributed by atoms with Crippen molar-refractivity contribution in [3.8, 4) is 0 Å². The van der Waals surface area contributed by atoms with Crippen LogP contribution in [0.3, 0.4) is 0 Å². The number of aryl methyl sites for hydroxylation is 1. The van der Waals surface area contributed by atoms with Gasteiger partial charge in [0.2, 0.25) is 5.91 Å². The molecule has 2 N–H and O–H groups in total. The molecule has 0 saturated carbocycles. The standard InChI is InChI=1S/C16H25N3O/c1-12-9-13(10-17-2)6-7-15(12)19-8-4-5-14(11-19)16(20)18-3/h6-7,9,14,17H,4-5,8,10-11H2,1-3H3,(H,18,20). The van der Waals surface area contributed by atoms with Gasteiger partial charge in [-0.2, -0.15) is 0 Å². The first-order chi connectivity index (χ1) is 9.65. The molecule has 1 aliphatic rings. The summed E-state index contributed by atoms with van der Waals surface area (Å²) < 4.78 is 0. The van der Waals surface area contributed by atoms with Crippen molar-refractivity contribution in [1.82, 2.24) is 10.6 Å². The average molecular weight is 275 g/mol. The molecular weight excluding hydrogens is 250 g/mol. The van der Waals surface area contributed by atoms with Crippen molar-refractivity contribution in [2.45, 2.75) is 26.3 Å². The van der Waals surface area contributed by atoms with Crippen LogP contribution in [0.2, 0.25) is 0 Å². The second-order valence-corrected chi connectivity index (χ2v) is 5.55. The zero-order valence-corrected chi connectivity index (χ0v) is 12.7. The van der Waals surface area contributed by atoms with Gasteiger partial charge in [0.1, 0.15) is 0 Å². The van der Waals surface area contributed by atoms with Crippen molar-refractivity contribution in [2.24, 2.45) is 5.92 Å². The van der Waals surface area contributed by atoms with E-state index in [0.717, 1.165) is 32.5 Å². The van der Waals surface area contributed by atoms with E-state index in [1.54, 1.807) is 7.05 Å². The highest BCUT2D eigenvalue weighted by Gasteiger charge is 2.25. The van der Waals surface area contributed by atoms with Gasteiger partial charge in [0.25, 0.3) is 0 Å². The summed E-state index contributed by atoms with van der Waals surface area (Å²) in [6, 6.07) is 6.59. The Kier molecular flexibility index (Phi) is 5.01. The van der Waals surface area contributed by atoms with Gasteiger partial charge < -0.3 is 15.5 Å². The lowest BCUT2D eigenvalue weighted by Gasteiger charge is -2.34. The molecular formula is C16H25N3O. The van der Waals surface area contributed by atoms with E-state index < -0.39 is 0 Å². The van der Waals surface area contributed by atoms with Gasteiger partial charge in [0.05, 0.1) is 5.92 Å². The van der Waals surface area contributed by atoms with Crippen LogP contribution in [0.5, 0.6) is 0 Å². The van der Waals surface area contributed by atoms with Crippen LogP contribution in [0.25, 0.3) is 0 Å². The molecule has 1 saturated heterocycles. The molecule has 0 aliphatic carbocycles. The number of anilines is 1. The first-order valence-corrected chi connectivity index (χ1v) is 7.36. The molecule has 1 heterocycles. The maximum absolute atomic E-state index is 11.8. The second kappa shape index (κ2) is 6.75. The summed E-state index contributed by atoms with van der Waals surface area (Å²) >= 11 is 0. The van der Waals surface area contributed by atoms with Gasteiger partial charge in [0, 0.05) is 32.4 Å². The molecule has 0 radical (unpaired) electrons. The molecule has 2 rings (SSSR count). The Morgan fingerprint density at radius 2 is 2.20 bits per heavy atom. The van der Waals surface area contributed by atoms with Crippen molar-refractivity contribution in [2.75, 3.05) is 32.1 Å². The average Bonchev–Trinajstić information content (AvgIpc) is 2.47. The maximum atomic E-state index is 11.8. The Labute approximate surface area is 121 Å². The summed E-state index contributed by atoms with van der Waals surface area (Å²) in [5, 5.41) is 5.95. The monoisotopic (exact) mass is 275 g/mol. The zero-order chi connectivity index (χ0) is 14.5. The number of nitrogens with zero attached hydrogens (tertiary/aromatic N) is 1. The van der Waals surface area contributed by atoms with Crippen molar-refractivity contribution >= 4 is 11.6 Å². The van der Waals surface area contributed by atoms with Gasteiger partial charge in [-0.3, -0.25) is 4.79 Å². The molecule has 0 spiro atoms. The number of hydrogen-bond donors (Lipinski definition) is 2. The Balaban J connectivity index is 2.12. The smallest absolute Gasteiger partial charge is 0.224 e. The molecule has 1 amide bonds. The van der Waals surface area contributed by atoms with Crippen molar-refractivity contribution in [3.63, 3.8) is 0 Å². The van der Waals surface area contributed by atoms with Crippen LogP contribution >= 0.6 is 0 Å². The van der Waals surface area contributed by atoms with E-state index in [1.807, 2.05) is 7.05 Å². The number of nitrogens with one attached hydrogen (secondary N) is 2. The van der Waals surface area contributed by atoms with E-state index in [9.17, 15) is 4.79 Å². The summed E-state index contributed by atoms with van der Waals surface area (Å²) in [6.07, 6.45) is 2.07. The number of piperidine rings is 1. The molecule has 1 aliphatic heterocycles. The van der Waals surface area contributed by atoms with Gasteiger partial charge in [-0.15, -0.1) is 0 Å². The van der Waals surface area contributed by atoms with Gasteiger partial charge in [-0.1, -0.05) is 12.1 Å². The molecule has 1 atom stereocenters. The number of carbonyl (C=O) groups excluding carboxylic acids is 1. The molecule has 0 bridgehead atoms. The normalized spacial score (nSPS) is 18.9. The van der Waals surface area contributed by atoms with Crippen LogP contribution in [-0.4, -0.2) is 33.1 Å². The fourth-order valence-electron chi connectivity index (χ4n) is 3.00. The van der Waals surface area contributed by atoms with Crippen molar-refractivity contribution < 1.29 is 4.79 Å². The maximum Gasteiger partial charge on any atom is 0.224 e. The topological polar surface area (TPSA) is 44.4 Å². The molecule has 1 fully saturated rings. The third-order valence-electron chi connectivity index (χ3n) is 4.02. The van der Waals surface area contributed by atoms with Crippen LogP contribution in [0.1, 0.15) is 24.0 Å². The number of hydrogen-bond acceptors (Lipinski definition) is 3. The Morgan fingerprint density at radius 1 is 1.40 bits per heavy atom. The number of rotatable bonds is 4. The van der Waals surface area contributed by atoms with Gasteiger partial charge in [-0.25, -0.2) is 0 Å². The minimum Gasteiger partial charge on any atom is -0.371 e. The van der Waals surface area contributed by atoms with Crippen LogP contribution < -0.4 is 15.5 Å². The van der Waals surface area contributed by atoms with E-state index in [1.165, 1.54) is 16.8 Å². The summed E-state index contributed by atoms with van der Waals surface area (Å²) in [6.45, 7) is 4.91. The fraction of sp³-hybridized carbons (Fsp3) is 0.562. The van der Waals surface area contributed by atoms with Crippen LogP contribution in [0.4, 0.5) is 5.69 Å². The fourth-order valence-corrected chi connectivity index (χ4v) is 3.00. The lowest BCUT2D eigenvalue weighted by Crippen LogP contribution is -2.42. The highest BCUT2D eigenvalue weighted by molar-refractivity contribution is 5.79. The summed E-state index contributed by atoms with van der Waals surface area (Å²) in [7, 11) is 3.68. The predicted molar refractivity (Wildman–Crippen MR) is 82.9 cm³/mol. The van der Waals surface area contributed by atoms with Crippen LogP contribution in [0, 0.1) is 12.8 Å². The number of carbonyl (C=O) groups is 1. The van der Waals surface area contributed by atoms with Crippen LogP contribution in [-0.2, 0) is 11.3 Å². The minimum absolute atomic E-state index is 0.116. The molecule has 0 aromatic heterocycles. The largest absolute Gasteiger partial charge is 0.371 e. The summed E-state index contributed by atoms with van der Waals surface area (Å²) in [5.41, 5.74) is 3.85. The molecule has 1 unspecified atom stereocenters. The Hall–Kier alpha value is -1.55. The van der Waals surface area contributed by atoms with Gasteiger partial charge in [-0.05, 0) is 44.0 Å². The lowest BCUT2D eigenvalue weighted by molar-refractivity contribution is -0.124. The molecule has 20 heavy (non-hydrogen) atoms. The molecule has 4 nitrogen and oxygen atoms in total. The SMILES string of the molecule is CNCc1ccc(N2CCCC(C(=O)NC)C2)c(C)c1. The highest BCUT2D eigenvalue weighted by atomic mass is 16.1. The Bertz CT molecular complexity index is 473. The highest BCUT2D eigenvalue weighted by Crippen LogP contribution is 2.27. The Morgan fingerprint density at radius 3 is 2.85 bits per heavy atom. The van der Waals surface area contributed by atoms with Crippen molar-refractivity contribution in [1.29, 1.82) is 0 Å². The predicted octanol–water partition coefficient (Wildman–Crippen LogP) is 1.68. The third-order valence-corrected chi connectivity index (χ3v) is 4.02. The van der Waals surface area contributed by atoms with Crippen LogP contribution in [0.15, 0.2) is 18.2 Å². The van der Waals surface area contributed by atoms with E-state index in [4.69, 9.17) is 0 Å². The van der Waals surface area contributed by atoms with E-state index in [-0.39, 0.29) is 11.8 Å². The molecule has 4 heteroatoms. The third kappa shape index (κ3) is 3.31. The van der Waals surface area contributed by atoms with E-state index >= 15 is 0 Å². The summed E-state index contributed by atoms with van der Waals surface area (Å²) in [5.74, 6) is 0.282. The summed E-state index contributed by atoms with van der Waals surface area (Å²) in [4.78, 5) is 14.2. The lowest BCUT2D eigenvalue weighted by atomic mass is 9.96. The van der Waals surface area contributed by atoms with E-state index in [2.05, 4.69) is 40.7 Å². The first kappa shape index (κ1) is 14.9. The molecule has 1 aromatic rings. The molecule has 1 aromatic carbocycles. The van der Waals surface area contributed by atoms with Crippen molar-refractivity contribution in [3.05, 3.63) is 29.3 Å². The van der Waals surface area contributed by atoms with Gasteiger partial charge in [0.15, 0.2) is 0 Å². The minimum atomic E-state index is 0.116. The van der Waals surface area contributed by atoms with E-state index in [0.29, 0.717) is 0 Å². The van der Waals surface area contributed by atoms with Gasteiger partial charge >= 0.3 is 0 Å². The second-order valence-electron chi connectivity index (χ2n) is 5.55. The number of benzene rings is 1. The molecule has 110 valence electrons. The zero-order valence-electron chi connectivity index (χ0n) is 12.7. The number of amides is 1.